The Bertz CT molecular complexity index is 662. The van der Waals surface area contributed by atoms with Gasteiger partial charge in [0.15, 0.2) is 0 Å². The Morgan fingerprint density at radius 2 is 2.08 bits per heavy atom. The van der Waals surface area contributed by atoms with E-state index in [0.29, 0.717) is 5.92 Å². The minimum atomic E-state index is -3.14. The lowest BCUT2D eigenvalue weighted by Gasteiger charge is -2.34. The standard InChI is InChI=1S/C16H25FN4O2S/c1-24(22,23)20-15-5-7-21(8-6-15)11-13-10-18-19-16(13)12-3-2-4-14(17)9-12/h2-4,9,13,15-16,18-20H,5-8,10-11H2,1H3. The van der Waals surface area contributed by atoms with E-state index in [-0.39, 0.29) is 17.9 Å². The molecule has 2 aliphatic rings. The zero-order valence-electron chi connectivity index (χ0n) is 13.8. The van der Waals surface area contributed by atoms with E-state index in [1.165, 1.54) is 12.3 Å². The number of benzene rings is 1. The summed E-state index contributed by atoms with van der Waals surface area (Å²) in [4.78, 5) is 2.37. The van der Waals surface area contributed by atoms with Gasteiger partial charge >= 0.3 is 0 Å². The highest BCUT2D eigenvalue weighted by molar-refractivity contribution is 7.88. The number of hydrogen-bond acceptors (Lipinski definition) is 5. The fourth-order valence-corrected chi connectivity index (χ4v) is 4.47. The van der Waals surface area contributed by atoms with Crippen LogP contribution in [0.25, 0.3) is 0 Å². The summed E-state index contributed by atoms with van der Waals surface area (Å²) in [5.74, 6) is 0.138. The predicted molar refractivity (Wildman–Crippen MR) is 91.2 cm³/mol. The monoisotopic (exact) mass is 356 g/mol. The van der Waals surface area contributed by atoms with Crippen molar-refractivity contribution in [3.63, 3.8) is 0 Å². The van der Waals surface area contributed by atoms with Crippen LogP contribution in [-0.2, 0) is 10.0 Å². The van der Waals surface area contributed by atoms with Gasteiger partial charge in [-0.3, -0.25) is 5.43 Å². The number of likely N-dealkylation sites (tertiary alicyclic amines) is 1. The largest absolute Gasteiger partial charge is 0.303 e. The van der Waals surface area contributed by atoms with E-state index in [0.717, 1.165) is 44.6 Å². The predicted octanol–water partition coefficient (Wildman–Crippen LogP) is 0.604. The molecule has 2 saturated heterocycles. The molecule has 24 heavy (non-hydrogen) atoms. The molecule has 134 valence electrons. The first kappa shape index (κ1) is 17.8. The molecular weight excluding hydrogens is 331 g/mol. The molecule has 2 heterocycles. The number of sulfonamides is 1. The second-order valence-electron chi connectivity index (χ2n) is 6.78. The highest BCUT2D eigenvalue weighted by Gasteiger charge is 2.31. The Kier molecular flexibility index (Phi) is 5.51. The van der Waals surface area contributed by atoms with Crippen molar-refractivity contribution in [2.45, 2.75) is 24.9 Å². The molecule has 2 fully saturated rings. The lowest BCUT2D eigenvalue weighted by atomic mass is 9.93. The lowest BCUT2D eigenvalue weighted by molar-refractivity contribution is 0.176. The second kappa shape index (κ2) is 7.45. The van der Waals surface area contributed by atoms with Gasteiger partial charge in [0.05, 0.1) is 12.3 Å². The molecule has 0 aliphatic carbocycles. The fraction of sp³-hybridized carbons (Fsp3) is 0.625. The van der Waals surface area contributed by atoms with Crippen molar-refractivity contribution < 1.29 is 12.8 Å². The average molecular weight is 356 g/mol. The van der Waals surface area contributed by atoms with Crippen LogP contribution in [-0.4, -0.2) is 51.8 Å². The third kappa shape index (κ3) is 4.73. The molecular formula is C16H25FN4O2S. The SMILES string of the molecule is CS(=O)(=O)NC1CCN(CC2CNNC2c2cccc(F)c2)CC1. The number of hydrazine groups is 1. The van der Waals surface area contributed by atoms with E-state index in [9.17, 15) is 12.8 Å². The Morgan fingerprint density at radius 1 is 1.33 bits per heavy atom. The maximum absolute atomic E-state index is 13.5. The molecule has 8 heteroatoms. The van der Waals surface area contributed by atoms with Crippen molar-refractivity contribution in [2.75, 3.05) is 32.4 Å². The van der Waals surface area contributed by atoms with Crippen molar-refractivity contribution in [1.29, 1.82) is 0 Å². The molecule has 0 spiro atoms. The summed E-state index contributed by atoms with van der Waals surface area (Å²) >= 11 is 0. The van der Waals surface area contributed by atoms with Crippen molar-refractivity contribution in [3.05, 3.63) is 35.6 Å². The molecule has 3 N–H and O–H groups in total. The van der Waals surface area contributed by atoms with E-state index in [4.69, 9.17) is 0 Å². The summed E-state index contributed by atoms with van der Waals surface area (Å²) in [6.45, 7) is 3.49. The van der Waals surface area contributed by atoms with E-state index in [1.807, 2.05) is 6.07 Å². The second-order valence-corrected chi connectivity index (χ2v) is 8.56. The average Bonchev–Trinajstić information content (AvgIpc) is 2.96. The number of rotatable bonds is 5. The van der Waals surface area contributed by atoms with Crippen LogP contribution in [0.15, 0.2) is 24.3 Å². The molecule has 3 rings (SSSR count). The molecule has 2 atom stereocenters. The summed E-state index contributed by atoms with van der Waals surface area (Å²) in [7, 11) is -3.14. The van der Waals surface area contributed by atoms with Crippen molar-refractivity contribution in [1.82, 2.24) is 20.5 Å². The zero-order valence-corrected chi connectivity index (χ0v) is 14.7. The van der Waals surface area contributed by atoms with Gasteiger partial charge in [0.1, 0.15) is 5.82 Å². The van der Waals surface area contributed by atoms with Crippen LogP contribution in [0.4, 0.5) is 4.39 Å². The van der Waals surface area contributed by atoms with Crippen molar-refractivity contribution in [3.8, 4) is 0 Å². The van der Waals surface area contributed by atoms with Crippen LogP contribution in [0.2, 0.25) is 0 Å². The van der Waals surface area contributed by atoms with Gasteiger partial charge < -0.3 is 4.90 Å². The smallest absolute Gasteiger partial charge is 0.208 e. The summed E-state index contributed by atoms with van der Waals surface area (Å²) in [6, 6.07) is 6.86. The maximum Gasteiger partial charge on any atom is 0.208 e. The quantitative estimate of drug-likeness (QED) is 0.721. The van der Waals surface area contributed by atoms with Gasteiger partial charge in [-0.15, -0.1) is 0 Å². The Hall–Kier alpha value is -1.06. The minimum absolute atomic E-state index is 0.0371. The van der Waals surface area contributed by atoms with E-state index in [2.05, 4.69) is 20.5 Å². The fourth-order valence-electron chi connectivity index (χ4n) is 3.63. The Labute approximate surface area is 142 Å². The van der Waals surface area contributed by atoms with Gasteiger partial charge in [-0.1, -0.05) is 12.1 Å². The van der Waals surface area contributed by atoms with Crippen LogP contribution in [0.1, 0.15) is 24.4 Å². The highest BCUT2D eigenvalue weighted by Crippen LogP contribution is 2.27. The summed E-state index contributed by atoms with van der Waals surface area (Å²) in [5, 5.41) is 0. The number of nitrogens with one attached hydrogen (secondary N) is 3. The summed E-state index contributed by atoms with van der Waals surface area (Å²) in [5.41, 5.74) is 7.38. The van der Waals surface area contributed by atoms with Gasteiger partial charge in [0, 0.05) is 25.0 Å². The first-order valence-corrected chi connectivity index (χ1v) is 10.2. The maximum atomic E-state index is 13.5. The number of halogens is 1. The first-order chi connectivity index (χ1) is 11.4. The molecule has 1 aromatic carbocycles. The third-order valence-electron chi connectivity index (χ3n) is 4.76. The normalized spacial score (nSPS) is 26.8. The number of hydrogen-bond donors (Lipinski definition) is 3. The molecule has 0 aromatic heterocycles. The molecule has 0 bridgehead atoms. The van der Waals surface area contributed by atoms with Gasteiger partial charge in [0.25, 0.3) is 0 Å². The number of nitrogens with zero attached hydrogens (tertiary/aromatic N) is 1. The van der Waals surface area contributed by atoms with Gasteiger partial charge in [-0.2, -0.15) is 0 Å². The molecule has 0 saturated carbocycles. The van der Waals surface area contributed by atoms with E-state index < -0.39 is 10.0 Å². The highest BCUT2D eigenvalue weighted by atomic mass is 32.2. The Morgan fingerprint density at radius 3 is 2.75 bits per heavy atom. The van der Waals surface area contributed by atoms with Crippen LogP contribution >= 0.6 is 0 Å². The minimum Gasteiger partial charge on any atom is -0.303 e. The molecule has 0 radical (unpaired) electrons. The lowest BCUT2D eigenvalue weighted by Crippen LogP contribution is -2.46. The zero-order chi connectivity index (χ0) is 17.2. The summed E-state index contributed by atoms with van der Waals surface area (Å²) in [6.07, 6.45) is 2.86. The van der Waals surface area contributed by atoms with Crippen LogP contribution in [0.3, 0.4) is 0 Å². The third-order valence-corrected chi connectivity index (χ3v) is 5.52. The molecule has 1 aromatic rings. The van der Waals surface area contributed by atoms with Gasteiger partial charge in [-0.25, -0.2) is 23.0 Å². The Balaban J connectivity index is 1.54. The van der Waals surface area contributed by atoms with E-state index >= 15 is 0 Å². The first-order valence-electron chi connectivity index (χ1n) is 8.34. The van der Waals surface area contributed by atoms with Crippen molar-refractivity contribution >= 4 is 10.0 Å². The topological polar surface area (TPSA) is 73.5 Å². The molecule has 2 unspecified atom stereocenters. The van der Waals surface area contributed by atoms with Gasteiger partial charge in [0.2, 0.25) is 10.0 Å². The van der Waals surface area contributed by atoms with Crippen LogP contribution in [0, 0.1) is 11.7 Å². The van der Waals surface area contributed by atoms with E-state index in [1.54, 1.807) is 12.1 Å². The molecule has 0 amide bonds. The van der Waals surface area contributed by atoms with Crippen molar-refractivity contribution in [2.24, 2.45) is 5.92 Å². The van der Waals surface area contributed by atoms with Crippen LogP contribution < -0.4 is 15.6 Å². The van der Waals surface area contributed by atoms with Gasteiger partial charge in [-0.05, 0) is 43.6 Å². The number of piperidine rings is 1. The summed E-state index contributed by atoms with van der Waals surface area (Å²) < 4.78 is 38.8. The van der Waals surface area contributed by atoms with Crippen LogP contribution in [0.5, 0.6) is 0 Å². The molecule has 6 nitrogen and oxygen atoms in total. The molecule has 2 aliphatic heterocycles.